The first-order chi connectivity index (χ1) is 14.0. The largest absolute Gasteiger partial charge is 0.351 e. The molecule has 1 atom stereocenters. The third-order valence-corrected chi connectivity index (χ3v) is 8.60. The maximum Gasteiger partial charge on any atom is 0.254 e. The van der Waals surface area contributed by atoms with Crippen LogP contribution in [0.1, 0.15) is 32.1 Å². The van der Waals surface area contributed by atoms with Crippen molar-refractivity contribution in [1.82, 2.24) is 13.9 Å². The lowest BCUT2D eigenvalue weighted by molar-refractivity contribution is -0.130. The van der Waals surface area contributed by atoms with Gasteiger partial charge < -0.3 is 11.1 Å². The quantitative estimate of drug-likeness (QED) is 0.643. The van der Waals surface area contributed by atoms with Crippen LogP contribution in [0.25, 0.3) is 0 Å². The van der Waals surface area contributed by atoms with E-state index in [9.17, 15) is 26.0 Å². The van der Waals surface area contributed by atoms with Crippen molar-refractivity contribution in [3.05, 3.63) is 30.1 Å². The number of carbonyl (C=O) groups excluding carboxylic acids is 1. The molecule has 9 nitrogen and oxygen atoms in total. The first-order valence-corrected chi connectivity index (χ1v) is 13.1. The molecule has 1 aromatic rings. The van der Waals surface area contributed by atoms with Crippen LogP contribution >= 0.6 is 0 Å². The van der Waals surface area contributed by atoms with Crippen LogP contribution in [0.15, 0.2) is 29.2 Å². The van der Waals surface area contributed by atoms with E-state index >= 15 is 0 Å². The van der Waals surface area contributed by atoms with E-state index < -0.39 is 37.9 Å². The third-order valence-electron chi connectivity index (χ3n) is 5.50. The lowest BCUT2D eigenvalue weighted by Crippen LogP contribution is -2.64. The minimum atomic E-state index is -4.24. The molecule has 12 heteroatoms. The minimum Gasteiger partial charge on any atom is -0.351 e. The van der Waals surface area contributed by atoms with Crippen LogP contribution < -0.4 is 11.1 Å². The molecule has 0 aromatic heterocycles. The number of halogens is 1. The highest BCUT2D eigenvalue weighted by molar-refractivity contribution is 7.89. The fourth-order valence-corrected chi connectivity index (χ4v) is 6.60. The molecule has 1 aromatic carbocycles. The van der Waals surface area contributed by atoms with Crippen molar-refractivity contribution >= 4 is 26.0 Å². The number of nitrogens with one attached hydrogen (secondary N) is 1. The first kappa shape index (κ1) is 23.1. The Morgan fingerprint density at radius 1 is 1.03 bits per heavy atom. The molecule has 1 aliphatic heterocycles. The topological polar surface area (TPSA) is 130 Å². The molecular formula is C18H27FN4O5S2. The van der Waals surface area contributed by atoms with Gasteiger partial charge in [-0.1, -0.05) is 0 Å². The monoisotopic (exact) mass is 462 g/mol. The maximum atomic E-state index is 13.3. The highest BCUT2D eigenvalue weighted by atomic mass is 32.2. The van der Waals surface area contributed by atoms with Crippen molar-refractivity contribution in [2.45, 2.75) is 55.2 Å². The smallest absolute Gasteiger partial charge is 0.254 e. The molecule has 3 N–H and O–H groups in total. The Morgan fingerprint density at radius 2 is 1.60 bits per heavy atom. The second-order valence-corrected chi connectivity index (χ2v) is 11.6. The van der Waals surface area contributed by atoms with E-state index in [1.165, 1.54) is 0 Å². The van der Waals surface area contributed by atoms with Gasteiger partial charge in [0.05, 0.1) is 11.2 Å². The van der Waals surface area contributed by atoms with Gasteiger partial charge in [-0.25, -0.2) is 21.2 Å². The lowest BCUT2D eigenvalue weighted by Gasteiger charge is -2.41. The van der Waals surface area contributed by atoms with Gasteiger partial charge in [0.2, 0.25) is 20.0 Å². The van der Waals surface area contributed by atoms with Gasteiger partial charge in [-0.2, -0.15) is 8.61 Å². The Kier molecular flexibility index (Phi) is 6.82. The molecule has 3 rings (SSSR count). The molecule has 0 spiro atoms. The van der Waals surface area contributed by atoms with Gasteiger partial charge in [0.25, 0.3) is 5.91 Å². The summed E-state index contributed by atoms with van der Waals surface area (Å²) in [5, 5.41) is 2.81. The SMILES string of the molecule is CS(=O)(=O)N1CCCN(S(=O)(=O)c2ccc(F)cc2)C1C(=O)NC1CCC(N)CC1. The normalized spacial score (nSPS) is 27.0. The first-order valence-electron chi connectivity index (χ1n) is 9.80. The van der Waals surface area contributed by atoms with Crippen molar-refractivity contribution in [3.63, 3.8) is 0 Å². The van der Waals surface area contributed by atoms with Crippen molar-refractivity contribution in [1.29, 1.82) is 0 Å². The Balaban J connectivity index is 1.93. The van der Waals surface area contributed by atoms with Crippen LogP contribution in [-0.2, 0) is 24.8 Å². The fraction of sp³-hybridized carbons (Fsp3) is 0.611. The number of hydrogen-bond acceptors (Lipinski definition) is 6. The summed E-state index contributed by atoms with van der Waals surface area (Å²) >= 11 is 0. The Morgan fingerprint density at radius 3 is 2.17 bits per heavy atom. The van der Waals surface area contributed by atoms with Crippen molar-refractivity contribution in [2.24, 2.45) is 5.73 Å². The van der Waals surface area contributed by atoms with Gasteiger partial charge in [0, 0.05) is 25.2 Å². The zero-order valence-corrected chi connectivity index (χ0v) is 18.3. The number of amides is 1. The van der Waals surface area contributed by atoms with Crippen LogP contribution in [0.2, 0.25) is 0 Å². The van der Waals surface area contributed by atoms with Crippen LogP contribution in [0.3, 0.4) is 0 Å². The van der Waals surface area contributed by atoms with E-state index in [-0.39, 0.29) is 36.5 Å². The van der Waals surface area contributed by atoms with Gasteiger partial charge in [-0.3, -0.25) is 4.79 Å². The summed E-state index contributed by atoms with van der Waals surface area (Å²) in [6, 6.07) is 4.08. The molecule has 1 saturated carbocycles. The Bertz CT molecular complexity index is 976. The van der Waals surface area contributed by atoms with Gasteiger partial charge in [0.15, 0.2) is 6.17 Å². The van der Waals surface area contributed by atoms with E-state index in [1.54, 1.807) is 0 Å². The highest BCUT2D eigenvalue weighted by Crippen LogP contribution is 2.27. The van der Waals surface area contributed by atoms with Crippen molar-refractivity contribution in [3.8, 4) is 0 Å². The molecule has 30 heavy (non-hydrogen) atoms. The number of rotatable bonds is 5. The van der Waals surface area contributed by atoms with Crippen LogP contribution in [0.5, 0.6) is 0 Å². The average molecular weight is 463 g/mol. The summed E-state index contributed by atoms with van der Waals surface area (Å²) in [5.74, 6) is -1.29. The van der Waals surface area contributed by atoms with Gasteiger partial charge in [-0.15, -0.1) is 0 Å². The third kappa shape index (κ3) is 4.99. The van der Waals surface area contributed by atoms with E-state index in [1.807, 2.05) is 0 Å². The fourth-order valence-electron chi connectivity index (χ4n) is 3.91. The number of nitrogens with two attached hydrogens (primary N) is 1. The van der Waals surface area contributed by atoms with E-state index in [0.717, 1.165) is 52.0 Å². The number of sulfonamides is 2. The predicted octanol–water partition coefficient (Wildman–Crippen LogP) is 0.194. The summed E-state index contributed by atoms with van der Waals surface area (Å²) in [6.45, 7) is 0.00125. The summed E-state index contributed by atoms with van der Waals surface area (Å²) < 4.78 is 66.2. The molecule has 0 radical (unpaired) electrons. The van der Waals surface area contributed by atoms with E-state index in [4.69, 9.17) is 5.73 Å². The summed E-state index contributed by atoms with van der Waals surface area (Å²) in [6.07, 6.45) is 2.37. The zero-order valence-electron chi connectivity index (χ0n) is 16.7. The second kappa shape index (κ2) is 8.87. The van der Waals surface area contributed by atoms with Crippen molar-refractivity contribution in [2.75, 3.05) is 19.3 Å². The average Bonchev–Trinajstić information content (AvgIpc) is 2.69. The standard InChI is InChI=1S/C18H27FN4O5S2/c1-29(25,26)22-11-2-12-23(30(27,28)16-9-3-13(19)4-10-16)18(22)17(24)21-15-7-5-14(20)6-8-15/h3-4,9-10,14-15,18H,2,5-8,11-12,20H2,1H3,(H,21,24). The number of benzene rings is 1. The molecule has 2 fully saturated rings. The molecule has 1 amide bonds. The molecule has 1 unspecified atom stereocenters. The molecule has 1 heterocycles. The summed E-state index contributed by atoms with van der Waals surface area (Å²) in [4.78, 5) is 12.9. The maximum absolute atomic E-state index is 13.3. The van der Waals surface area contributed by atoms with Crippen LogP contribution in [-0.4, -0.2) is 68.9 Å². The van der Waals surface area contributed by atoms with Gasteiger partial charge in [0.1, 0.15) is 5.82 Å². The lowest BCUT2D eigenvalue weighted by atomic mass is 9.92. The molecule has 2 aliphatic rings. The molecule has 168 valence electrons. The Labute approximate surface area is 176 Å². The van der Waals surface area contributed by atoms with Crippen molar-refractivity contribution < 1.29 is 26.0 Å². The van der Waals surface area contributed by atoms with Gasteiger partial charge >= 0.3 is 0 Å². The molecule has 1 saturated heterocycles. The molecular weight excluding hydrogens is 435 g/mol. The number of nitrogens with zero attached hydrogens (tertiary/aromatic N) is 2. The minimum absolute atomic E-state index is 0.0284. The molecule has 1 aliphatic carbocycles. The summed E-state index contributed by atoms with van der Waals surface area (Å²) in [5.41, 5.74) is 5.89. The predicted molar refractivity (Wildman–Crippen MR) is 109 cm³/mol. The van der Waals surface area contributed by atoms with Crippen LogP contribution in [0.4, 0.5) is 4.39 Å². The molecule has 0 bridgehead atoms. The van der Waals surface area contributed by atoms with E-state index in [0.29, 0.717) is 12.8 Å². The summed E-state index contributed by atoms with van der Waals surface area (Å²) in [7, 11) is -8.10. The number of hydrogen-bond donors (Lipinski definition) is 2. The van der Waals surface area contributed by atoms with Crippen LogP contribution in [0, 0.1) is 5.82 Å². The van der Waals surface area contributed by atoms with Gasteiger partial charge in [-0.05, 0) is 56.4 Å². The second-order valence-electron chi connectivity index (χ2n) is 7.79. The van der Waals surface area contributed by atoms with E-state index in [2.05, 4.69) is 5.32 Å². The Hall–Kier alpha value is -1.60. The highest BCUT2D eigenvalue weighted by Gasteiger charge is 2.46. The zero-order chi connectivity index (χ0) is 22.1. The number of carbonyl (C=O) groups is 1.